The van der Waals surface area contributed by atoms with E-state index in [4.69, 9.17) is 19.9 Å². The van der Waals surface area contributed by atoms with Gasteiger partial charge in [-0.2, -0.15) is 0 Å². The van der Waals surface area contributed by atoms with E-state index in [1.165, 1.54) is 43.2 Å². The summed E-state index contributed by atoms with van der Waals surface area (Å²) in [5.41, 5.74) is 4.95. The maximum atomic E-state index is 12.4. The van der Waals surface area contributed by atoms with Gasteiger partial charge in [-0.15, -0.1) is 5.10 Å². The van der Waals surface area contributed by atoms with Gasteiger partial charge in [0.05, 0.1) is 12.2 Å². The zero-order valence-corrected chi connectivity index (χ0v) is 23.9. The number of ether oxygens (including phenoxy) is 3. The summed E-state index contributed by atoms with van der Waals surface area (Å²) in [7, 11) is 0. The number of aryl methyl sites for hydroxylation is 1. The smallest absolute Gasteiger partial charge is 0.330 e. The Hall–Kier alpha value is -2.50. The Morgan fingerprint density at radius 2 is 1.71 bits per heavy atom. The number of aliphatic hydroxyl groups excluding tert-OH is 4. The molecule has 0 radical (unpaired) electrons. The summed E-state index contributed by atoms with van der Waals surface area (Å²) in [6.45, 7) is 2.11. The molecule has 42 heavy (non-hydrogen) atoms. The number of H-pyrrole nitrogens is 1. The summed E-state index contributed by atoms with van der Waals surface area (Å²) in [5.74, 6) is 0. The van der Waals surface area contributed by atoms with Crippen LogP contribution in [0.3, 0.4) is 0 Å². The van der Waals surface area contributed by atoms with Crippen molar-refractivity contribution in [2.45, 2.75) is 127 Å². The molecule has 9 atom stereocenters. The minimum atomic E-state index is -1.56. The fourth-order valence-electron chi connectivity index (χ4n) is 5.44. The molecule has 0 unspecified atom stereocenters. The molecule has 2 aromatic rings. The fraction of sp³-hybridized carbons (Fsp3) is 0.778. The highest BCUT2D eigenvalue weighted by molar-refractivity contribution is 4.98. The van der Waals surface area contributed by atoms with Crippen LogP contribution in [0.5, 0.6) is 0 Å². The summed E-state index contributed by atoms with van der Waals surface area (Å²) >= 11 is 0. The number of rotatable bonds is 16. The highest BCUT2D eigenvalue weighted by Gasteiger charge is 2.51. The molecule has 2 aliphatic heterocycles. The molecule has 2 saturated heterocycles. The van der Waals surface area contributed by atoms with Gasteiger partial charge in [-0.3, -0.25) is 14.3 Å². The lowest BCUT2D eigenvalue weighted by molar-refractivity contribution is -0.223. The second-order valence-electron chi connectivity index (χ2n) is 11.1. The molecule has 0 bridgehead atoms. The molecule has 2 aromatic heterocycles. The van der Waals surface area contributed by atoms with E-state index >= 15 is 0 Å². The van der Waals surface area contributed by atoms with Crippen LogP contribution in [0, 0.1) is 0 Å². The van der Waals surface area contributed by atoms with Crippen LogP contribution in [0.15, 0.2) is 28.0 Å². The first-order chi connectivity index (χ1) is 20.2. The number of aromatic nitrogens is 5. The molecular weight excluding hydrogens is 552 g/mol. The number of nitrogens with two attached hydrogens (primary N) is 1. The standard InChI is InChI=1S/C27H44N6O9/c1-2-3-4-5-6-7-8-9-10-16-14-32(31-30-16)15-18(41-26-23(38)20(35)17(13-28)40-26)24-21(36)22(37)25(42-24)33-12-11-19(34)29-27(33)39/h11-12,14,17-18,20-26,35-38H,2-10,13,15,28H2,1H3,(H,29,34,39)/t17-,18+,20-,21+,22-,23-,24-,25-,26+/m1/s1. The normalized spacial score (nSPS) is 30.2. The van der Waals surface area contributed by atoms with Crippen LogP contribution in [0.25, 0.3) is 0 Å². The lowest BCUT2D eigenvalue weighted by Crippen LogP contribution is -2.46. The first-order valence-electron chi connectivity index (χ1n) is 14.8. The summed E-state index contributed by atoms with van der Waals surface area (Å²) < 4.78 is 20.0. The number of unbranched alkanes of at least 4 members (excludes halogenated alkanes) is 7. The molecule has 15 nitrogen and oxygen atoms in total. The average Bonchev–Trinajstić information content (AvgIpc) is 3.62. The molecule has 0 amide bonds. The van der Waals surface area contributed by atoms with Crippen molar-refractivity contribution >= 4 is 0 Å². The van der Waals surface area contributed by atoms with Crippen molar-refractivity contribution in [3.8, 4) is 0 Å². The molecule has 0 spiro atoms. The van der Waals surface area contributed by atoms with Gasteiger partial charge in [0.15, 0.2) is 12.5 Å². The van der Waals surface area contributed by atoms with Crippen LogP contribution < -0.4 is 17.0 Å². The largest absolute Gasteiger partial charge is 0.387 e. The number of nitrogens with one attached hydrogen (secondary N) is 1. The quantitative estimate of drug-likeness (QED) is 0.127. The third-order valence-corrected chi connectivity index (χ3v) is 7.87. The lowest BCUT2D eigenvalue weighted by atomic mass is 10.0. The Morgan fingerprint density at radius 3 is 2.38 bits per heavy atom. The van der Waals surface area contributed by atoms with Crippen LogP contribution in [-0.2, 0) is 27.2 Å². The van der Waals surface area contributed by atoms with Crippen molar-refractivity contribution in [1.82, 2.24) is 24.5 Å². The van der Waals surface area contributed by atoms with E-state index < -0.39 is 66.5 Å². The molecule has 0 saturated carbocycles. The van der Waals surface area contributed by atoms with Gasteiger partial charge < -0.3 is 40.4 Å². The Kier molecular flexibility index (Phi) is 11.8. The third kappa shape index (κ3) is 7.90. The van der Waals surface area contributed by atoms with E-state index in [-0.39, 0.29) is 13.1 Å². The van der Waals surface area contributed by atoms with Gasteiger partial charge in [0, 0.05) is 25.0 Å². The van der Waals surface area contributed by atoms with Crippen molar-refractivity contribution in [2.24, 2.45) is 5.73 Å². The monoisotopic (exact) mass is 596 g/mol. The van der Waals surface area contributed by atoms with Gasteiger partial charge in [0.1, 0.15) is 42.7 Å². The zero-order chi connectivity index (χ0) is 30.2. The van der Waals surface area contributed by atoms with Crippen molar-refractivity contribution in [3.63, 3.8) is 0 Å². The number of nitrogens with zero attached hydrogens (tertiary/aromatic N) is 4. The number of hydrogen-bond donors (Lipinski definition) is 6. The van der Waals surface area contributed by atoms with Crippen molar-refractivity contribution in [1.29, 1.82) is 0 Å². The van der Waals surface area contributed by atoms with Crippen LogP contribution in [-0.4, -0.2) is 101 Å². The van der Waals surface area contributed by atoms with Gasteiger partial charge in [-0.1, -0.05) is 57.1 Å². The Balaban J connectivity index is 1.44. The number of hydrogen-bond acceptors (Lipinski definition) is 12. The lowest BCUT2D eigenvalue weighted by Gasteiger charge is -2.29. The second-order valence-corrected chi connectivity index (χ2v) is 11.1. The maximum absolute atomic E-state index is 12.4. The minimum Gasteiger partial charge on any atom is -0.387 e. The van der Waals surface area contributed by atoms with E-state index in [1.807, 2.05) is 0 Å². The van der Waals surface area contributed by atoms with Gasteiger partial charge in [0.25, 0.3) is 5.56 Å². The Labute approximate surface area is 243 Å². The summed E-state index contributed by atoms with van der Waals surface area (Å²) in [6, 6.07) is 1.09. The second kappa shape index (κ2) is 15.3. The van der Waals surface area contributed by atoms with Gasteiger partial charge in [-0.05, 0) is 12.8 Å². The average molecular weight is 597 g/mol. The van der Waals surface area contributed by atoms with E-state index in [0.717, 1.165) is 41.8 Å². The molecule has 2 aliphatic rings. The van der Waals surface area contributed by atoms with Gasteiger partial charge >= 0.3 is 5.69 Å². The molecule has 236 valence electrons. The Morgan fingerprint density at radius 1 is 1.00 bits per heavy atom. The van der Waals surface area contributed by atoms with E-state index in [2.05, 4.69) is 22.2 Å². The third-order valence-electron chi connectivity index (χ3n) is 7.87. The molecule has 4 heterocycles. The highest BCUT2D eigenvalue weighted by Crippen LogP contribution is 2.33. The maximum Gasteiger partial charge on any atom is 0.330 e. The number of aliphatic hydroxyl groups is 4. The van der Waals surface area contributed by atoms with Crippen LogP contribution in [0.4, 0.5) is 0 Å². The number of aromatic amines is 1. The van der Waals surface area contributed by atoms with Crippen molar-refractivity contribution in [2.75, 3.05) is 6.54 Å². The molecule has 2 fully saturated rings. The van der Waals surface area contributed by atoms with Gasteiger partial charge in [0.2, 0.25) is 0 Å². The van der Waals surface area contributed by atoms with E-state index in [0.29, 0.717) is 0 Å². The molecule has 0 aromatic carbocycles. The predicted octanol–water partition coefficient (Wildman–Crippen LogP) is -1.08. The molecular formula is C27H44N6O9. The topological polar surface area (TPSA) is 220 Å². The molecule has 7 N–H and O–H groups in total. The Bertz CT molecular complexity index is 1220. The fourth-order valence-corrected chi connectivity index (χ4v) is 5.44. The van der Waals surface area contributed by atoms with Crippen LogP contribution in [0.1, 0.15) is 70.2 Å². The first-order valence-corrected chi connectivity index (χ1v) is 14.8. The molecule has 0 aliphatic carbocycles. The van der Waals surface area contributed by atoms with Crippen LogP contribution >= 0.6 is 0 Å². The van der Waals surface area contributed by atoms with Crippen LogP contribution in [0.2, 0.25) is 0 Å². The van der Waals surface area contributed by atoms with E-state index in [9.17, 15) is 30.0 Å². The minimum absolute atomic E-state index is 0.0257. The van der Waals surface area contributed by atoms with Gasteiger partial charge in [-0.25, -0.2) is 9.48 Å². The predicted molar refractivity (Wildman–Crippen MR) is 148 cm³/mol. The van der Waals surface area contributed by atoms with Crippen molar-refractivity contribution < 1.29 is 34.6 Å². The summed E-state index contributed by atoms with van der Waals surface area (Å²) in [6.07, 6.45) is 1.49. The molecule has 4 rings (SSSR count). The summed E-state index contributed by atoms with van der Waals surface area (Å²) in [5, 5.41) is 50.9. The SMILES string of the molecule is CCCCCCCCCCc1cn(C[C@H](O[C@@H]2O[C@H](CN)[C@@H](O)[C@H]2O)[C@H]2O[C@@H](n3ccc(=O)[nH]c3=O)[C@H](O)[C@@H]2O)nn1. The molecule has 15 heteroatoms. The van der Waals surface area contributed by atoms with E-state index in [1.54, 1.807) is 6.20 Å². The van der Waals surface area contributed by atoms with Crippen molar-refractivity contribution in [3.05, 3.63) is 45.0 Å². The first kappa shape index (κ1) is 32.4. The summed E-state index contributed by atoms with van der Waals surface area (Å²) in [4.78, 5) is 25.9. The highest BCUT2D eigenvalue weighted by atomic mass is 16.7. The zero-order valence-electron chi connectivity index (χ0n) is 23.9.